The highest BCUT2D eigenvalue weighted by molar-refractivity contribution is 9.11. The lowest BCUT2D eigenvalue weighted by atomic mass is 9.99. The van der Waals surface area contributed by atoms with Gasteiger partial charge in [0.15, 0.2) is 0 Å². The van der Waals surface area contributed by atoms with Crippen LogP contribution in [0.2, 0.25) is 0 Å². The standard InChI is InChI=1S/C15H15BrF3NS/c1-2-6-20-14(11-8-13(16)21-9-11)10-4-3-5-12(7-10)15(17,18)19/h3-5,7-9,14,20H,2,6H2,1H3. The van der Waals surface area contributed by atoms with E-state index < -0.39 is 11.7 Å². The molecule has 0 aliphatic rings. The molecule has 0 fully saturated rings. The molecular formula is C15H15BrF3NS. The topological polar surface area (TPSA) is 12.0 Å². The number of alkyl halides is 3. The third-order valence-electron chi connectivity index (χ3n) is 3.07. The van der Waals surface area contributed by atoms with Gasteiger partial charge in [-0.1, -0.05) is 19.1 Å². The zero-order valence-electron chi connectivity index (χ0n) is 11.4. The second kappa shape index (κ2) is 6.94. The molecule has 0 amide bonds. The Hall–Kier alpha value is -0.850. The molecule has 1 aromatic carbocycles. The van der Waals surface area contributed by atoms with E-state index in [1.165, 1.54) is 23.5 Å². The number of halogens is 4. The van der Waals surface area contributed by atoms with Crippen LogP contribution >= 0.6 is 27.3 Å². The van der Waals surface area contributed by atoms with E-state index in [2.05, 4.69) is 21.2 Å². The Bertz CT molecular complexity index is 595. The Morgan fingerprint density at radius 2 is 2.00 bits per heavy atom. The molecule has 1 unspecified atom stereocenters. The van der Waals surface area contributed by atoms with Gasteiger partial charge in [-0.2, -0.15) is 13.2 Å². The number of hydrogen-bond donors (Lipinski definition) is 1. The quantitative estimate of drug-likeness (QED) is 0.712. The highest BCUT2D eigenvalue weighted by atomic mass is 79.9. The number of thiophene rings is 1. The molecule has 0 spiro atoms. The minimum absolute atomic E-state index is 0.227. The Kier molecular flexibility index (Phi) is 5.46. The van der Waals surface area contributed by atoms with Crippen LogP contribution in [0, 0.1) is 0 Å². The summed E-state index contributed by atoms with van der Waals surface area (Å²) in [4.78, 5) is 0. The molecule has 1 nitrogen and oxygen atoms in total. The molecule has 0 aliphatic heterocycles. The summed E-state index contributed by atoms with van der Waals surface area (Å²) in [7, 11) is 0. The van der Waals surface area contributed by atoms with Gasteiger partial charge in [-0.15, -0.1) is 11.3 Å². The van der Waals surface area contributed by atoms with Crippen molar-refractivity contribution in [3.63, 3.8) is 0 Å². The summed E-state index contributed by atoms with van der Waals surface area (Å²) >= 11 is 4.92. The summed E-state index contributed by atoms with van der Waals surface area (Å²) in [6.45, 7) is 2.77. The normalized spacial score (nSPS) is 13.4. The van der Waals surface area contributed by atoms with Gasteiger partial charge in [0.1, 0.15) is 0 Å². The molecule has 2 aromatic rings. The fraction of sp³-hybridized carbons (Fsp3) is 0.333. The van der Waals surface area contributed by atoms with E-state index in [4.69, 9.17) is 0 Å². The SMILES string of the molecule is CCCNC(c1cccc(C(F)(F)F)c1)c1csc(Br)c1. The van der Waals surface area contributed by atoms with E-state index in [9.17, 15) is 13.2 Å². The number of hydrogen-bond acceptors (Lipinski definition) is 2. The maximum Gasteiger partial charge on any atom is 0.416 e. The van der Waals surface area contributed by atoms with Crippen molar-refractivity contribution in [3.05, 3.63) is 56.2 Å². The summed E-state index contributed by atoms with van der Waals surface area (Å²) in [5.74, 6) is 0. The predicted octanol–water partition coefficient (Wildman–Crippen LogP) is 5.62. The van der Waals surface area contributed by atoms with Crippen molar-refractivity contribution >= 4 is 27.3 Å². The lowest BCUT2D eigenvalue weighted by molar-refractivity contribution is -0.137. The number of rotatable bonds is 5. The zero-order chi connectivity index (χ0) is 15.5. The van der Waals surface area contributed by atoms with E-state index in [1.54, 1.807) is 6.07 Å². The molecule has 1 atom stereocenters. The van der Waals surface area contributed by atoms with Crippen LogP contribution in [0.3, 0.4) is 0 Å². The van der Waals surface area contributed by atoms with Crippen LogP contribution in [0.4, 0.5) is 13.2 Å². The van der Waals surface area contributed by atoms with Gasteiger partial charge in [0.05, 0.1) is 15.4 Å². The molecule has 0 aliphatic carbocycles. The highest BCUT2D eigenvalue weighted by Crippen LogP contribution is 2.34. The van der Waals surface area contributed by atoms with Crippen molar-refractivity contribution in [2.24, 2.45) is 0 Å². The lowest BCUT2D eigenvalue weighted by Crippen LogP contribution is -2.23. The van der Waals surface area contributed by atoms with Crippen molar-refractivity contribution in [1.29, 1.82) is 0 Å². The van der Waals surface area contributed by atoms with Crippen LogP contribution in [0.15, 0.2) is 39.5 Å². The van der Waals surface area contributed by atoms with Crippen LogP contribution in [-0.2, 0) is 6.18 Å². The third kappa shape index (κ3) is 4.31. The molecule has 1 aromatic heterocycles. The molecule has 21 heavy (non-hydrogen) atoms. The monoisotopic (exact) mass is 377 g/mol. The Morgan fingerprint density at radius 1 is 1.24 bits per heavy atom. The third-order valence-corrected chi connectivity index (χ3v) is 4.59. The van der Waals surface area contributed by atoms with Crippen LogP contribution in [0.25, 0.3) is 0 Å². The Balaban J connectivity index is 2.37. The molecule has 6 heteroatoms. The van der Waals surface area contributed by atoms with E-state index in [0.29, 0.717) is 5.56 Å². The average molecular weight is 378 g/mol. The molecule has 1 heterocycles. The van der Waals surface area contributed by atoms with Crippen molar-refractivity contribution in [2.45, 2.75) is 25.6 Å². The summed E-state index contributed by atoms with van der Waals surface area (Å²) in [5.41, 5.74) is 0.987. The summed E-state index contributed by atoms with van der Waals surface area (Å²) in [6, 6.07) is 7.23. The van der Waals surface area contributed by atoms with Crippen molar-refractivity contribution in [3.8, 4) is 0 Å². The molecule has 0 bridgehead atoms. The number of benzene rings is 1. The Morgan fingerprint density at radius 3 is 2.57 bits per heavy atom. The van der Waals surface area contributed by atoms with Gasteiger partial charge in [0, 0.05) is 0 Å². The maximum absolute atomic E-state index is 12.9. The molecule has 2 rings (SSSR count). The lowest BCUT2D eigenvalue weighted by Gasteiger charge is -2.19. The van der Waals surface area contributed by atoms with Gasteiger partial charge in [-0.3, -0.25) is 0 Å². The van der Waals surface area contributed by atoms with E-state index in [-0.39, 0.29) is 6.04 Å². The first-order chi connectivity index (χ1) is 9.91. The van der Waals surface area contributed by atoms with Gasteiger partial charge in [0.2, 0.25) is 0 Å². The predicted molar refractivity (Wildman–Crippen MR) is 83.6 cm³/mol. The first-order valence-electron chi connectivity index (χ1n) is 6.56. The fourth-order valence-electron chi connectivity index (χ4n) is 2.09. The van der Waals surface area contributed by atoms with Gasteiger partial charge in [-0.25, -0.2) is 0 Å². The summed E-state index contributed by atoms with van der Waals surface area (Å²) in [6.07, 6.45) is -3.40. The van der Waals surface area contributed by atoms with Crippen molar-refractivity contribution < 1.29 is 13.2 Å². The molecule has 1 N–H and O–H groups in total. The van der Waals surface area contributed by atoms with Crippen LogP contribution < -0.4 is 5.32 Å². The molecule has 0 saturated carbocycles. The first kappa shape index (κ1) is 16.5. The minimum Gasteiger partial charge on any atom is -0.306 e. The molecule has 0 saturated heterocycles. The fourth-order valence-corrected chi connectivity index (χ4v) is 3.29. The molecule has 114 valence electrons. The molecular weight excluding hydrogens is 363 g/mol. The number of nitrogens with one attached hydrogen (secondary N) is 1. The average Bonchev–Trinajstić information content (AvgIpc) is 2.85. The van der Waals surface area contributed by atoms with Crippen LogP contribution in [0.5, 0.6) is 0 Å². The zero-order valence-corrected chi connectivity index (χ0v) is 13.8. The van der Waals surface area contributed by atoms with Crippen LogP contribution in [0.1, 0.15) is 36.1 Å². The van der Waals surface area contributed by atoms with E-state index in [0.717, 1.165) is 28.4 Å². The largest absolute Gasteiger partial charge is 0.416 e. The second-order valence-electron chi connectivity index (χ2n) is 4.69. The first-order valence-corrected chi connectivity index (χ1v) is 8.23. The van der Waals surface area contributed by atoms with Gasteiger partial charge >= 0.3 is 6.18 Å². The second-order valence-corrected chi connectivity index (χ2v) is 6.98. The van der Waals surface area contributed by atoms with Gasteiger partial charge in [-0.05, 0) is 63.6 Å². The van der Waals surface area contributed by atoms with Crippen molar-refractivity contribution in [1.82, 2.24) is 5.32 Å². The highest BCUT2D eigenvalue weighted by Gasteiger charge is 2.31. The summed E-state index contributed by atoms with van der Waals surface area (Å²) < 4.78 is 39.6. The maximum atomic E-state index is 12.9. The summed E-state index contributed by atoms with van der Waals surface area (Å²) in [5, 5.41) is 5.27. The molecule has 0 radical (unpaired) electrons. The van der Waals surface area contributed by atoms with Crippen LogP contribution in [-0.4, -0.2) is 6.54 Å². The smallest absolute Gasteiger partial charge is 0.306 e. The Labute approximate surface area is 134 Å². The van der Waals surface area contributed by atoms with E-state index in [1.807, 2.05) is 18.4 Å². The van der Waals surface area contributed by atoms with Gasteiger partial charge in [0.25, 0.3) is 0 Å². The van der Waals surface area contributed by atoms with E-state index >= 15 is 0 Å². The minimum atomic E-state index is -4.32. The van der Waals surface area contributed by atoms with Gasteiger partial charge < -0.3 is 5.32 Å². The van der Waals surface area contributed by atoms with Crippen molar-refractivity contribution in [2.75, 3.05) is 6.54 Å².